The molecule has 5 heteroatoms. The van der Waals surface area contributed by atoms with Crippen LogP contribution in [0.2, 0.25) is 0 Å². The molecule has 0 spiro atoms. The Hall–Kier alpha value is -1.88. The zero-order valence-electron chi connectivity index (χ0n) is 12.4. The molecule has 1 aliphatic heterocycles. The summed E-state index contributed by atoms with van der Waals surface area (Å²) in [5, 5.41) is 9.39. The third kappa shape index (κ3) is 3.42. The van der Waals surface area contributed by atoms with Crippen LogP contribution in [0.5, 0.6) is 0 Å². The van der Waals surface area contributed by atoms with Gasteiger partial charge in [0.2, 0.25) is 5.91 Å². The van der Waals surface area contributed by atoms with Crippen LogP contribution in [0.15, 0.2) is 30.3 Å². The van der Waals surface area contributed by atoms with E-state index >= 15 is 0 Å². The smallest absolute Gasteiger partial charge is 0.416 e. The van der Waals surface area contributed by atoms with Crippen molar-refractivity contribution in [2.75, 3.05) is 13.2 Å². The second-order valence-electron chi connectivity index (χ2n) is 5.66. The number of hydrogen-bond acceptors (Lipinski definition) is 4. The summed E-state index contributed by atoms with van der Waals surface area (Å²) >= 11 is 0. The van der Waals surface area contributed by atoms with Gasteiger partial charge in [-0.15, -0.1) is 0 Å². The van der Waals surface area contributed by atoms with Crippen LogP contribution in [0.3, 0.4) is 0 Å². The van der Waals surface area contributed by atoms with E-state index in [1.807, 2.05) is 44.2 Å². The molecular formula is C16H21NO4. The van der Waals surface area contributed by atoms with Gasteiger partial charge in [-0.25, -0.2) is 9.69 Å². The molecule has 0 radical (unpaired) electrons. The Labute approximate surface area is 124 Å². The number of ether oxygens (including phenoxy) is 1. The number of carbonyl (C=O) groups excluding carboxylic acids is 2. The number of carbonyl (C=O) groups is 2. The molecule has 2 rings (SSSR count). The van der Waals surface area contributed by atoms with Gasteiger partial charge in [0.15, 0.2) is 0 Å². The first-order chi connectivity index (χ1) is 10.0. The van der Waals surface area contributed by atoms with Crippen LogP contribution in [0.1, 0.15) is 19.4 Å². The van der Waals surface area contributed by atoms with E-state index in [0.29, 0.717) is 6.42 Å². The first-order valence-corrected chi connectivity index (χ1v) is 7.19. The van der Waals surface area contributed by atoms with Gasteiger partial charge in [0.1, 0.15) is 6.61 Å². The summed E-state index contributed by atoms with van der Waals surface area (Å²) in [7, 11) is 0. The van der Waals surface area contributed by atoms with E-state index in [0.717, 1.165) is 5.56 Å². The van der Waals surface area contributed by atoms with E-state index in [1.54, 1.807) is 0 Å². The van der Waals surface area contributed by atoms with Crippen molar-refractivity contribution in [3.05, 3.63) is 35.9 Å². The van der Waals surface area contributed by atoms with Crippen molar-refractivity contribution in [1.82, 2.24) is 4.90 Å². The second kappa shape index (κ2) is 6.72. The topological polar surface area (TPSA) is 66.8 Å². The molecule has 1 fully saturated rings. The highest BCUT2D eigenvalue weighted by atomic mass is 16.6. The maximum absolute atomic E-state index is 12.5. The van der Waals surface area contributed by atoms with E-state index in [-0.39, 0.29) is 31.1 Å². The van der Waals surface area contributed by atoms with Crippen molar-refractivity contribution in [2.45, 2.75) is 26.3 Å². The number of aliphatic hydroxyl groups is 1. The highest BCUT2D eigenvalue weighted by Gasteiger charge is 2.41. The minimum absolute atomic E-state index is 0.0340. The molecule has 0 saturated carbocycles. The minimum atomic E-state index is -0.611. The first kappa shape index (κ1) is 15.5. The van der Waals surface area contributed by atoms with Crippen molar-refractivity contribution in [3.8, 4) is 0 Å². The average Bonchev–Trinajstić information content (AvgIpc) is 2.81. The Morgan fingerprint density at radius 2 is 2.05 bits per heavy atom. The lowest BCUT2D eigenvalue weighted by Crippen LogP contribution is -2.45. The molecule has 114 valence electrons. The summed E-state index contributed by atoms with van der Waals surface area (Å²) in [6, 6.07) is 9.37. The van der Waals surface area contributed by atoms with Crippen molar-refractivity contribution in [2.24, 2.45) is 11.8 Å². The number of imide groups is 1. The molecule has 21 heavy (non-hydrogen) atoms. The zero-order valence-corrected chi connectivity index (χ0v) is 12.4. The van der Waals surface area contributed by atoms with Crippen LogP contribution >= 0.6 is 0 Å². The molecule has 2 atom stereocenters. The average molecular weight is 291 g/mol. The lowest BCUT2D eigenvalue weighted by molar-refractivity contribution is -0.136. The van der Waals surface area contributed by atoms with Crippen molar-refractivity contribution < 1.29 is 19.4 Å². The van der Waals surface area contributed by atoms with E-state index in [4.69, 9.17) is 4.74 Å². The second-order valence-corrected chi connectivity index (χ2v) is 5.66. The van der Waals surface area contributed by atoms with E-state index in [1.165, 1.54) is 4.90 Å². The standard InChI is InChI=1S/C16H21NO4/c1-11(2)14(9-18)15(19)17-13(10-21-16(17)20)8-12-6-4-3-5-7-12/h3-7,11,13-14,18H,8-10H2,1-2H3. The predicted octanol–water partition coefficient (Wildman–Crippen LogP) is 1.84. The number of hydrogen-bond donors (Lipinski definition) is 1. The molecule has 1 aliphatic rings. The number of rotatable bonds is 5. The van der Waals surface area contributed by atoms with Gasteiger partial charge in [-0.2, -0.15) is 0 Å². The van der Waals surface area contributed by atoms with Crippen LogP contribution < -0.4 is 0 Å². The van der Waals surface area contributed by atoms with Gasteiger partial charge in [0.25, 0.3) is 0 Å². The maximum Gasteiger partial charge on any atom is 0.416 e. The fourth-order valence-electron chi connectivity index (χ4n) is 2.52. The lowest BCUT2D eigenvalue weighted by Gasteiger charge is -2.25. The largest absolute Gasteiger partial charge is 0.447 e. The van der Waals surface area contributed by atoms with Gasteiger partial charge in [-0.1, -0.05) is 44.2 Å². The van der Waals surface area contributed by atoms with Gasteiger partial charge in [-0.3, -0.25) is 4.79 Å². The van der Waals surface area contributed by atoms with E-state index < -0.39 is 12.0 Å². The Morgan fingerprint density at radius 1 is 1.38 bits per heavy atom. The third-order valence-corrected chi connectivity index (χ3v) is 3.83. The van der Waals surface area contributed by atoms with Crippen LogP contribution in [-0.2, 0) is 16.0 Å². The van der Waals surface area contributed by atoms with Gasteiger partial charge in [-0.05, 0) is 17.9 Å². The molecule has 1 saturated heterocycles. The van der Waals surface area contributed by atoms with Crippen LogP contribution in [0.4, 0.5) is 4.79 Å². The van der Waals surface area contributed by atoms with Crippen molar-refractivity contribution >= 4 is 12.0 Å². The molecule has 0 aliphatic carbocycles. The first-order valence-electron chi connectivity index (χ1n) is 7.19. The fraction of sp³-hybridized carbons (Fsp3) is 0.500. The van der Waals surface area contributed by atoms with E-state index in [9.17, 15) is 14.7 Å². The Balaban J connectivity index is 2.15. The Morgan fingerprint density at radius 3 is 2.62 bits per heavy atom. The van der Waals surface area contributed by atoms with Crippen molar-refractivity contribution in [3.63, 3.8) is 0 Å². The molecule has 1 aromatic rings. The summed E-state index contributed by atoms with van der Waals surface area (Å²) < 4.78 is 5.03. The zero-order chi connectivity index (χ0) is 15.4. The van der Waals surface area contributed by atoms with Gasteiger partial charge < -0.3 is 9.84 Å². The molecule has 1 N–H and O–H groups in total. The molecule has 1 aromatic carbocycles. The molecule has 1 heterocycles. The van der Waals surface area contributed by atoms with Crippen LogP contribution in [0.25, 0.3) is 0 Å². The number of nitrogens with zero attached hydrogens (tertiary/aromatic N) is 1. The third-order valence-electron chi connectivity index (χ3n) is 3.83. The molecule has 2 unspecified atom stereocenters. The normalized spacial score (nSPS) is 19.7. The summed E-state index contributed by atoms with van der Waals surface area (Å²) in [5.74, 6) is -0.960. The summed E-state index contributed by atoms with van der Waals surface area (Å²) in [6.45, 7) is 3.65. The van der Waals surface area contributed by atoms with E-state index in [2.05, 4.69) is 0 Å². The summed E-state index contributed by atoms with van der Waals surface area (Å²) in [5.41, 5.74) is 1.05. The molecule has 2 amide bonds. The lowest BCUT2D eigenvalue weighted by atomic mass is 9.94. The number of cyclic esters (lactones) is 1. The maximum atomic E-state index is 12.5. The molecule has 5 nitrogen and oxygen atoms in total. The summed E-state index contributed by atoms with van der Waals surface area (Å²) in [4.78, 5) is 25.5. The van der Waals surface area contributed by atoms with Crippen molar-refractivity contribution in [1.29, 1.82) is 0 Å². The quantitative estimate of drug-likeness (QED) is 0.899. The van der Waals surface area contributed by atoms with Crippen LogP contribution in [0, 0.1) is 11.8 Å². The summed E-state index contributed by atoms with van der Waals surface area (Å²) in [6.07, 6.45) is -0.0470. The number of amides is 2. The number of benzene rings is 1. The monoisotopic (exact) mass is 291 g/mol. The molecule has 0 aromatic heterocycles. The fourth-order valence-corrected chi connectivity index (χ4v) is 2.52. The number of aliphatic hydroxyl groups excluding tert-OH is 1. The van der Waals surface area contributed by atoms with Gasteiger partial charge in [0.05, 0.1) is 18.6 Å². The van der Waals surface area contributed by atoms with Gasteiger partial charge in [0, 0.05) is 0 Å². The van der Waals surface area contributed by atoms with Crippen LogP contribution in [-0.4, -0.2) is 41.3 Å². The highest BCUT2D eigenvalue weighted by Crippen LogP contribution is 2.22. The Kier molecular flexibility index (Phi) is 4.96. The molecule has 0 bridgehead atoms. The minimum Gasteiger partial charge on any atom is -0.447 e. The SMILES string of the molecule is CC(C)C(CO)C(=O)N1C(=O)OCC1Cc1ccccc1. The highest BCUT2D eigenvalue weighted by molar-refractivity contribution is 5.95. The Bertz CT molecular complexity index is 500. The predicted molar refractivity (Wildman–Crippen MR) is 77.5 cm³/mol. The van der Waals surface area contributed by atoms with Gasteiger partial charge >= 0.3 is 6.09 Å². The molecular weight excluding hydrogens is 270 g/mol.